The minimum Gasteiger partial charge on any atom is -0.356 e. The number of carbonyl (C=O) groups excluding carboxylic acids is 1. The summed E-state index contributed by atoms with van der Waals surface area (Å²) in [6.07, 6.45) is 1.82. The molecule has 0 spiro atoms. The highest BCUT2D eigenvalue weighted by molar-refractivity contribution is 6.31. The molecule has 1 heterocycles. The largest absolute Gasteiger partial charge is 0.356 e. The van der Waals surface area contributed by atoms with Crippen molar-refractivity contribution < 1.29 is 4.79 Å². The van der Waals surface area contributed by atoms with E-state index in [0.717, 1.165) is 35.8 Å². The van der Waals surface area contributed by atoms with E-state index < -0.39 is 0 Å². The molecule has 1 aromatic carbocycles. The Kier molecular flexibility index (Phi) is 4.71. The van der Waals surface area contributed by atoms with Gasteiger partial charge in [-0.3, -0.25) is 9.48 Å². The number of halogens is 1. The molecule has 1 saturated carbocycles. The SMILES string of the molecule is Cc1nn(CCCNC(=O)C2CC2c2ccccc2)c(C)c1Cl. The molecule has 1 fully saturated rings. The predicted octanol–water partition coefficient (Wildman–Crippen LogP) is 3.46. The van der Waals surface area contributed by atoms with Crippen LogP contribution in [0.3, 0.4) is 0 Å². The molecule has 3 rings (SSSR count). The Bertz CT molecular complexity index is 696. The van der Waals surface area contributed by atoms with Crippen molar-refractivity contribution in [2.45, 2.75) is 39.2 Å². The standard InChI is InChI=1S/C18H22ClN3O/c1-12-17(19)13(2)22(21-12)10-6-9-20-18(23)16-11-15(16)14-7-4-3-5-8-14/h3-5,7-8,15-16H,6,9-11H2,1-2H3,(H,20,23). The Balaban J connectivity index is 1.41. The Morgan fingerprint density at radius 1 is 1.35 bits per heavy atom. The Hall–Kier alpha value is -1.81. The van der Waals surface area contributed by atoms with Crippen LogP contribution in [0.25, 0.3) is 0 Å². The molecule has 122 valence electrons. The van der Waals surface area contributed by atoms with E-state index in [1.165, 1.54) is 5.56 Å². The van der Waals surface area contributed by atoms with Crippen LogP contribution in [0.4, 0.5) is 0 Å². The zero-order valence-electron chi connectivity index (χ0n) is 13.6. The third-order valence-electron chi connectivity index (χ3n) is 4.49. The van der Waals surface area contributed by atoms with Gasteiger partial charge in [0.05, 0.1) is 16.4 Å². The van der Waals surface area contributed by atoms with Gasteiger partial charge in [0.15, 0.2) is 0 Å². The third kappa shape index (κ3) is 3.58. The number of amides is 1. The monoisotopic (exact) mass is 331 g/mol. The Labute approximate surface area is 141 Å². The molecular formula is C18H22ClN3O. The molecule has 0 bridgehead atoms. The van der Waals surface area contributed by atoms with E-state index in [1.807, 2.05) is 36.7 Å². The molecule has 0 saturated heterocycles. The number of nitrogens with one attached hydrogen (secondary N) is 1. The lowest BCUT2D eigenvalue weighted by molar-refractivity contribution is -0.122. The van der Waals surface area contributed by atoms with E-state index in [0.29, 0.717) is 12.5 Å². The lowest BCUT2D eigenvalue weighted by Crippen LogP contribution is -2.27. The first-order chi connectivity index (χ1) is 11.1. The maximum Gasteiger partial charge on any atom is 0.223 e. The summed E-state index contributed by atoms with van der Waals surface area (Å²) < 4.78 is 1.91. The highest BCUT2D eigenvalue weighted by Crippen LogP contribution is 2.47. The van der Waals surface area contributed by atoms with Crippen molar-refractivity contribution in [2.75, 3.05) is 6.54 Å². The van der Waals surface area contributed by atoms with E-state index in [2.05, 4.69) is 22.5 Å². The topological polar surface area (TPSA) is 46.9 Å². The first-order valence-electron chi connectivity index (χ1n) is 8.10. The number of hydrogen-bond donors (Lipinski definition) is 1. The number of aromatic nitrogens is 2. The van der Waals surface area contributed by atoms with Crippen LogP contribution in [0.2, 0.25) is 5.02 Å². The average Bonchev–Trinajstić information content (AvgIpc) is 3.33. The highest BCUT2D eigenvalue weighted by Gasteiger charge is 2.43. The molecule has 1 amide bonds. The molecule has 2 aromatic rings. The van der Waals surface area contributed by atoms with Gasteiger partial charge in [0, 0.05) is 19.0 Å². The summed E-state index contributed by atoms with van der Waals surface area (Å²) in [7, 11) is 0. The fourth-order valence-electron chi connectivity index (χ4n) is 3.02. The van der Waals surface area contributed by atoms with Gasteiger partial charge in [-0.25, -0.2) is 0 Å². The first-order valence-corrected chi connectivity index (χ1v) is 8.48. The predicted molar refractivity (Wildman–Crippen MR) is 91.6 cm³/mol. The van der Waals surface area contributed by atoms with Gasteiger partial charge in [0.25, 0.3) is 0 Å². The molecule has 4 nitrogen and oxygen atoms in total. The maximum absolute atomic E-state index is 12.2. The summed E-state index contributed by atoms with van der Waals surface area (Å²) in [6, 6.07) is 10.3. The van der Waals surface area contributed by atoms with Gasteiger partial charge in [0.1, 0.15) is 0 Å². The fourth-order valence-corrected chi connectivity index (χ4v) is 3.15. The van der Waals surface area contributed by atoms with Crippen molar-refractivity contribution in [3.05, 3.63) is 52.3 Å². The molecule has 2 atom stereocenters. The molecule has 5 heteroatoms. The zero-order chi connectivity index (χ0) is 16.4. The number of benzene rings is 1. The van der Waals surface area contributed by atoms with E-state index in [4.69, 9.17) is 11.6 Å². The molecule has 1 N–H and O–H groups in total. The molecule has 1 aliphatic carbocycles. The van der Waals surface area contributed by atoms with Crippen molar-refractivity contribution in [3.63, 3.8) is 0 Å². The lowest BCUT2D eigenvalue weighted by Gasteiger charge is -2.07. The molecule has 1 aromatic heterocycles. The minimum absolute atomic E-state index is 0.139. The number of rotatable bonds is 6. The minimum atomic E-state index is 0.139. The normalized spacial score (nSPS) is 19.6. The quantitative estimate of drug-likeness (QED) is 0.824. The summed E-state index contributed by atoms with van der Waals surface area (Å²) in [4.78, 5) is 12.2. The third-order valence-corrected chi connectivity index (χ3v) is 5.04. The summed E-state index contributed by atoms with van der Waals surface area (Å²) >= 11 is 6.13. The van der Waals surface area contributed by atoms with E-state index in [9.17, 15) is 4.79 Å². The van der Waals surface area contributed by atoms with Crippen LogP contribution in [0, 0.1) is 19.8 Å². The molecule has 2 unspecified atom stereocenters. The van der Waals surface area contributed by atoms with E-state index in [-0.39, 0.29) is 11.8 Å². The second-order valence-electron chi connectivity index (χ2n) is 6.21. The van der Waals surface area contributed by atoms with Crippen LogP contribution >= 0.6 is 11.6 Å². The second-order valence-corrected chi connectivity index (χ2v) is 6.59. The van der Waals surface area contributed by atoms with Gasteiger partial charge < -0.3 is 5.32 Å². The highest BCUT2D eigenvalue weighted by atomic mass is 35.5. The van der Waals surface area contributed by atoms with Gasteiger partial charge in [-0.05, 0) is 38.2 Å². The van der Waals surface area contributed by atoms with Crippen molar-refractivity contribution in [1.29, 1.82) is 0 Å². The summed E-state index contributed by atoms with van der Waals surface area (Å²) in [5, 5.41) is 8.17. The van der Waals surface area contributed by atoms with Crippen LogP contribution in [0.15, 0.2) is 30.3 Å². The number of aryl methyl sites for hydroxylation is 2. The fraction of sp³-hybridized carbons (Fsp3) is 0.444. The molecular weight excluding hydrogens is 310 g/mol. The van der Waals surface area contributed by atoms with Crippen molar-refractivity contribution in [1.82, 2.24) is 15.1 Å². The molecule has 0 radical (unpaired) electrons. The van der Waals surface area contributed by atoms with Crippen LogP contribution < -0.4 is 5.32 Å². The van der Waals surface area contributed by atoms with Crippen LogP contribution in [0.1, 0.15) is 35.7 Å². The van der Waals surface area contributed by atoms with E-state index in [1.54, 1.807) is 0 Å². The Morgan fingerprint density at radius 3 is 2.74 bits per heavy atom. The summed E-state index contributed by atoms with van der Waals surface area (Å²) in [6.45, 7) is 5.32. The zero-order valence-corrected chi connectivity index (χ0v) is 14.3. The van der Waals surface area contributed by atoms with Crippen LogP contribution in [-0.2, 0) is 11.3 Å². The van der Waals surface area contributed by atoms with Crippen molar-refractivity contribution in [3.8, 4) is 0 Å². The number of nitrogens with zero attached hydrogens (tertiary/aromatic N) is 2. The molecule has 1 aliphatic rings. The van der Waals surface area contributed by atoms with Gasteiger partial charge >= 0.3 is 0 Å². The maximum atomic E-state index is 12.2. The van der Waals surface area contributed by atoms with E-state index >= 15 is 0 Å². The Morgan fingerprint density at radius 2 is 2.09 bits per heavy atom. The van der Waals surface area contributed by atoms with Crippen LogP contribution in [-0.4, -0.2) is 22.2 Å². The number of hydrogen-bond acceptors (Lipinski definition) is 2. The van der Waals surface area contributed by atoms with Gasteiger partial charge in [-0.1, -0.05) is 41.9 Å². The van der Waals surface area contributed by atoms with Crippen molar-refractivity contribution in [2.24, 2.45) is 5.92 Å². The van der Waals surface area contributed by atoms with Crippen molar-refractivity contribution >= 4 is 17.5 Å². The number of carbonyl (C=O) groups is 1. The second kappa shape index (κ2) is 6.75. The van der Waals surface area contributed by atoms with Gasteiger partial charge in [-0.2, -0.15) is 5.10 Å². The summed E-state index contributed by atoms with van der Waals surface area (Å²) in [5.41, 5.74) is 3.11. The molecule has 0 aliphatic heterocycles. The summed E-state index contributed by atoms with van der Waals surface area (Å²) in [5.74, 6) is 0.705. The smallest absolute Gasteiger partial charge is 0.223 e. The van der Waals surface area contributed by atoms with Gasteiger partial charge in [-0.15, -0.1) is 0 Å². The van der Waals surface area contributed by atoms with Gasteiger partial charge in [0.2, 0.25) is 5.91 Å². The average molecular weight is 332 g/mol. The first kappa shape index (κ1) is 16.1. The lowest BCUT2D eigenvalue weighted by atomic mass is 10.1. The molecule has 23 heavy (non-hydrogen) atoms. The van der Waals surface area contributed by atoms with Crippen LogP contribution in [0.5, 0.6) is 0 Å².